The van der Waals surface area contributed by atoms with Gasteiger partial charge in [-0.3, -0.25) is 9.59 Å². The average molecular weight is 412 g/mol. The van der Waals surface area contributed by atoms with Gasteiger partial charge in [-0.2, -0.15) is 0 Å². The van der Waals surface area contributed by atoms with Crippen LogP contribution in [0, 0.1) is 0 Å². The summed E-state index contributed by atoms with van der Waals surface area (Å²) in [6, 6.07) is 15.3. The smallest absolute Gasteiger partial charge is 0.267 e. The molecule has 1 aliphatic heterocycles. The van der Waals surface area contributed by atoms with Crippen molar-refractivity contribution in [2.45, 2.75) is 25.5 Å². The van der Waals surface area contributed by atoms with Crippen LogP contribution < -0.4 is 19.7 Å². The molecule has 2 unspecified atom stereocenters. The first-order valence-corrected chi connectivity index (χ1v) is 10.0. The summed E-state index contributed by atoms with van der Waals surface area (Å²) in [6.45, 7) is 2.51. The molecule has 1 N–H and O–H groups in total. The quantitative estimate of drug-likeness (QED) is 0.723. The molecular formula is C23H29N3O4. The Morgan fingerprint density at radius 3 is 2.57 bits per heavy atom. The fraction of sp³-hybridized carbons (Fsp3) is 0.391. The average Bonchev–Trinajstić information content (AvgIpc) is 2.74. The zero-order valence-corrected chi connectivity index (χ0v) is 17.9. The number of hydrogen-bond acceptors (Lipinski definition) is 5. The summed E-state index contributed by atoms with van der Waals surface area (Å²) in [5.41, 5.74) is 1.80. The van der Waals surface area contributed by atoms with Crippen molar-refractivity contribution >= 4 is 17.5 Å². The summed E-state index contributed by atoms with van der Waals surface area (Å²) in [5.74, 6) is 1.23. The van der Waals surface area contributed by atoms with Crippen LogP contribution in [0.25, 0.3) is 0 Å². The van der Waals surface area contributed by atoms with Gasteiger partial charge in [0.25, 0.3) is 5.91 Å². The van der Waals surface area contributed by atoms with Crippen LogP contribution >= 0.6 is 0 Å². The Morgan fingerprint density at radius 1 is 1.20 bits per heavy atom. The number of benzene rings is 2. The number of anilines is 1. The number of nitrogens with zero attached hydrogens (tertiary/aromatic N) is 2. The number of nitrogens with one attached hydrogen (secondary N) is 1. The summed E-state index contributed by atoms with van der Waals surface area (Å²) in [4.78, 5) is 28.8. The normalized spacial score (nSPS) is 16.6. The maximum absolute atomic E-state index is 12.5. The molecule has 2 amide bonds. The third-order valence-electron chi connectivity index (χ3n) is 5.25. The molecule has 0 aliphatic carbocycles. The molecule has 3 rings (SSSR count). The zero-order valence-electron chi connectivity index (χ0n) is 17.9. The maximum Gasteiger partial charge on any atom is 0.267 e. The molecule has 7 heteroatoms. The van der Waals surface area contributed by atoms with Gasteiger partial charge < -0.3 is 24.6 Å². The number of ether oxygens (including phenoxy) is 2. The van der Waals surface area contributed by atoms with Crippen molar-refractivity contribution in [2.75, 3.05) is 39.2 Å². The Kier molecular flexibility index (Phi) is 6.95. The fourth-order valence-corrected chi connectivity index (χ4v) is 3.53. The third-order valence-corrected chi connectivity index (χ3v) is 5.25. The molecule has 0 saturated heterocycles. The Bertz CT molecular complexity index is 882. The van der Waals surface area contributed by atoms with Crippen molar-refractivity contribution in [1.82, 2.24) is 10.2 Å². The standard InChI is InChI=1S/C23H29N3O4/c1-16-23(28)26(19-7-5-6-8-21(19)30-16)14-13-22(27)24-15-20(25(2)3)17-9-11-18(29-4)12-10-17/h5-12,16,20H,13-15H2,1-4H3,(H,24,27). The van der Waals surface area contributed by atoms with Gasteiger partial charge in [-0.1, -0.05) is 24.3 Å². The van der Waals surface area contributed by atoms with E-state index >= 15 is 0 Å². The van der Waals surface area contributed by atoms with Gasteiger partial charge in [0, 0.05) is 19.5 Å². The van der Waals surface area contributed by atoms with E-state index in [4.69, 9.17) is 9.47 Å². The van der Waals surface area contributed by atoms with Crippen LogP contribution in [0.15, 0.2) is 48.5 Å². The highest BCUT2D eigenvalue weighted by Crippen LogP contribution is 2.33. The van der Waals surface area contributed by atoms with E-state index in [1.807, 2.05) is 62.6 Å². The zero-order chi connectivity index (χ0) is 21.7. The molecule has 2 aromatic carbocycles. The van der Waals surface area contributed by atoms with Crippen molar-refractivity contribution < 1.29 is 19.1 Å². The van der Waals surface area contributed by atoms with Gasteiger partial charge in [0.15, 0.2) is 6.10 Å². The highest BCUT2D eigenvalue weighted by molar-refractivity contribution is 6.00. The minimum absolute atomic E-state index is 0.0330. The van der Waals surface area contributed by atoms with E-state index in [2.05, 4.69) is 10.2 Å². The summed E-state index contributed by atoms with van der Waals surface area (Å²) in [5, 5.41) is 3.00. The van der Waals surface area contributed by atoms with E-state index in [-0.39, 0.29) is 24.3 Å². The largest absolute Gasteiger partial charge is 0.497 e. The van der Waals surface area contributed by atoms with E-state index in [9.17, 15) is 9.59 Å². The molecule has 0 fully saturated rings. The number of carbonyl (C=O) groups excluding carboxylic acids is 2. The first kappa shape index (κ1) is 21.6. The lowest BCUT2D eigenvalue weighted by Crippen LogP contribution is -2.46. The Morgan fingerprint density at radius 2 is 1.90 bits per heavy atom. The molecule has 0 saturated carbocycles. The summed E-state index contributed by atoms with van der Waals surface area (Å²) in [6.07, 6.45) is -0.341. The van der Waals surface area contributed by atoms with Crippen LogP contribution in [0.4, 0.5) is 5.69 Å². The molecule has 1 heterocycles. The van der Waals surface area contributed by atoms with Gasteiger partial charge in [0.05, 0.1) is 18.8 Å². The number of likely N-dealkylation sites (N-methyl/N-ethyl adjacent to an activating group) is 1. The highest BCUT2D eigenvalue weighted by Gasteiger charge is 2.31. The number of amides is 2. The first-order valence-electron chi connectivity index (χ1n) is 10.0. The van der Waals surface area contributed by atoms with E-state index in [1.54, 1.807) is 18.9 Å². The number of fused-ring (bicyclic) bond motifs is 1. The minimum Gasteiger partial charge on any atom is -0.497 e. The van der Waals surface area contributed by atoms with Crippen LogP contribution in [0.3, 0.4) is 0 Å². The molecule has 30 heavy (non-hydrogen) atoms. The molecule has 7 nitrogen and oxygen atoms in total. The number of carbonyl (C=O) groups is 2. The second-order valence-corrected chi connectivity index (χ2v) is 7.52. The number of hydrogen-bond donors (Lipinski definition) is 1. The van der Waals surface area contributed by atoms with Crippen molar-refractivity contribution in [2.24, 2.45) is 0 Å². The number of para-hydroxylation sites is 2. The van der Waals surface area contributed by atoms with Crippen LogP contribution in [0.5, 0.6) is 11.5 Å². The van der Waals surface area contributed by atoms with Crippen molar-refractivity contribution in [3.05, 3.63) is 54.1 Å². The summed E-state index contributed by atoms with van der Waals surface area (Å²) >= 11 is 0. The molecule has 0 bridgehead atoms. The molecule has 160 valence electrons. The molecule has 2 aromatic rings. The van der Waals surface area contributed by atoms with E-state index in [0.29, 0.717) is 24.5 Å². The Labute approximate surface area is 177 Å². The topological polar surface area (TPSA) is 71.1 Å². The lowest BCUT2D eigenvalue weighted by molar-refractivity contribution is -0.125. The molecule has 2 atom stereocenters. The number of rotatable bonds is 8. The van der Waals surface area contributed by atoms with Crippen molar-refractivity contribution in [3.8, 4) is 11.5 Å². The van der Waals surface area contributed by atoms with E-state index in [0.717, 1.165) is 11.3 Å². The lowest BCUT2D eigenvalue weighted by atomic mass is 10.1. The maximum atomic E-state index is 12.5. The van der Waals surface area contributed by atoms with Crippen molar-refractivity contribution in [3.63, 3.8) is 0 Å². The van der Waals surface area contributed by atoms with Crippen LogP contribution in [0.2, 0.25) is 0 Å². The van der Waals surface area contributed by atoms with Gasteiger partial charge in [-0.25, -0.2) is 0 Å². The molecule has 0 radical (unpaired) electrons. The van der Waals surface area contributed by atoms with Gasteiger partial charge in [-0.05, 0) is 50.8 Å². The van der Waals surface area contributed by atoms with Crippen LogP contribution in [0.1, 0.15) is 24.9 Å². The predicted molar refractivity (Wildman–Crippen MR) is 116 cm³/mol. The molecule has 1 aliphatic rings. The van der Waals surface area contributed by atoms with Gasteiger partial charge in [0.1, 0.15) is 11.5 Å². The lowest BCUT2D eigenvalue weighted by Gasteiger charge is -2.33. The Hall–Kier alpha value is -3.06. The fourth-order valence-electron chi connectivity index (χ4n) is 3.53. The van der Waals surface area contributed by atoms with E-state index in [1.165, 1.54) is 0 Å². The van der Waals surface area contributed by atoms with Gasteiger partial charge in [-0.15, -0.1) is 0 Å². The van der Waals surface area contributed by atoms with Crippen LogP contribution in [-0.2, 0) is 9.59 Å². The van der Waals surface area contributed by atoms with Gasteiger partial charge >= 0.3 is 0 Å². The third kappa shape index (κ3) is 4.91. The summed E-state index contributed by atoms with van der Waals surface area (Å²) < 4.78 is 10.9. The van der Waals surface area contributed by atoms with Gasteiger partial charge in [0.2, 0.25) is 5.91 Å². The highest BCUT2D eigenvalue weighted by atomic mass is 16.5. The van der Waals surface area contributed by atoms with Crippen molar-refractivity contribution in [1.29, 1.82) is 0 Å². The monoisotopic (exact) mass is 411 g/mol. The summed E-state index contributed by atoms with van der Waals surface area (Å²) in [7, 11) is 5.59. The number of methoxy groups -OCH3 is 1. The second kappa shape index (κ2) is 9.63. The van der Waals surface area contributed by atoms with E-state index < -0.39 is 6.10 Å². The predicted octanol–water partition coefficient (Wildman–Crippen LogP) is 2.62. The SMILES string of the molecule is COc1ccc(C(CNC(=O)CCN2C(=O)C(C)Oc3ccccc32)N(C)C)cc1. The second-order valence-electron chi connectivity index (χ2n) is 7.52. The first-order chi connectivity index (χ1) is 14.4. The molecular weight excluding hydrogens is 382 g/mol. The van der Waals surface area contributed by atoms with Crippen LogP contribution in [-0.4, -0.2) is 57.1 Å². The minimum atomic E-state index is -0.559. The molecule has 0 aromatic heterocycles. The molecule has 0 spiro atoms. The Balaban J connectivity index is 1.59.